The number of halogens is 1. The summed E-state index contributed by atoms with van der Waals surface area (Å²) in [5.74, 6) is -0.361. The fraction of sp³-hybridized carbons (Fsp3) is 0.462. The number of amides is 1. The summed E-state index contributed by atoms with van der Waals surface area (Å²) in [6.07, 6.45) is 0. The van der Waals surface area contributed by atoms with E-state index in [9.17, 15) is 9.18 Å². The molecule has 1 atom stereocenters. The number of carbonyl (C=O) groups excluding carboxylic acids is 1. The highest BCUT2D eigenvalue weighted by atomic mass is 19.1. The molecule has 4 heteroatoms. The molecular formula is C13H19FN2O. The molecule has 0 aromatic heterocycles. The van der Waals surface area contributed by atoms with E-state index >= 15 is 0 Å². The van der Waals surface area contributed by atoms with Gasteiger partial charge in [0.15, 0.2) is 0 Å². The van der Waals surface area contributed by atoms with Crippen LogP contribution in [-0.4, -0.2) is 18.5 Å². The van der Waals surface area contributed by atoms with Gasteiger partial charge in [-0.1, -0.05) is 12.1 Å². The number of benzene rings is 1. The first-order chi connectivity index (χ1) is 7.86. The van der Waals surface area contributed by atoms with E-state index in [1.807, 2.05) is 6.92 Å². The van der Waals surface area contributed by atoms with E-state index in [0.717, 1.165) is 5.56 Å². The molecule has 1 rings (SSSR count). The molecule has 0 fully saturated rings. The molecule has 0 saturated heterocycles. The molecule has 0 radical (unpaired) electrons. The average Bonchev–Trinajstić information content (AvgIpc) is 2.29. The number of hydrogen-bond donors (Lipinski definition) is 2. The third kappa shape index (κ3) is 3.53. The van der Waals surface area contributed by atoms with Gasteiger partial charge in [0, 0.05) is 0 Å². The van der Waals surface area contributed by atoms with Gasteiger partial charge >= 0.3 is 0 Å². The van der Waals surface area contributed by atoms with E-state index in [-0.39, 0.29) is 17.8 Å². The van der Waals surface area contributed by atoms with Gasteiger partial charge in [0.05, 0.1) is 11.6 Å². The molecule has 0 bridgehead atoms. The number of rotatable bonds is 4. The molecule has 0 aliphatic carbocycles. The quantitative estimate of drug-likeness (QED) is 0.842. The molecule has 0 spiro atoms. The van der Waals surface area contributed by atoms with Crippen LogP contribution in [0.3, 0.4) is 0 Å². The zero-order valence-corrected chi connectivity index (χ0v) is 10.7. The Morgan fingerprint density at radius 1 is 1.29 bits per heavy atom. The largest absolute Gasteiger partial charge is 0.348 e. The first-order valence-corrected chi connectivity index (χ1v) is 5.62. The summed E-state index contributed by atoms with van der Waals surface area (Å²) in [6.45, 7) is 5.48. The lowest BCUT2D eigenvalue weighted by atomic mass is 10.0. The summed E-state index contributed by atoms with van der Waals surface area (Å²) in [5.41, 5.74) is 0.264. The molecule has 0 heterocycles. The van der Waals surface area contributed by atoms with E-state index < -0.39 is 5.54 Å². The topological polar surface area (TPSA) is 41.1 Å². The zero-order valence-electron chi connectivity index (χ0n) is 10.7. The van der Waals surface area contributed by atoms with Crippen LogP contribution in [0.5, 0.6) is 0 Å². The molecule has 1 aromatic rings. The van der Waals surface area contributed by atoms with Crippen molar-refractivity contribution >= 4 is 5.91 Å². The number of hydrogen-bond acceptors (Lipinski definition) is 2. The second-order valence-corrected chi connectivity index (χ2v) is 4.62. The van der Waals surface area contributed by atoms with Gasteiger partial charge in [0.1, 0.15) is 5.82 Å². The molecule has 1 aromatic carbocycles. The number of carbonyl (C=O) groups is 1. The Morgan fingerprint density at radius 2 is 1.82 bits per heavy atom. The monoisotopic (exact) mass is 238 g/mol. The smallest absolute Gasteiger partial charge is 0.240 e. The van der Waals surface area contributed by atoms with Gasteiger partial charge in [0.2, 0.25) is 5.91 Å². The van der Waals surface area contributed by atoms with Gasteiger partial charge in [0.25, 0.3) is 0 Å². The van der Waals surface area contributed by atoms with Crippen LogP contribution in [0.2, 0.25) is 0 Å². The van der Waals surface area contributed by atoms with Crippen molar-refractivity contribution in [3.8, 4) is 0 Å². The maximum atomic E-state index is 12.8. The van der Waals surface area contributed by atoms with Crippen molar-refractivity contribution in [2.24, 2.45) is 0 Å². The Balaban J connectivity index is 2.70. The molecule has 1 unspecified atom stereocenters. The van der Waals surface area contributed by atoms with E-state index in [4.69, 9.17) is 0 Å². The molecule has 1 amide bonds. The lowest BCUT2D eigenvalue weighted by Crippen LogP contribution is -2.51. The molecule has 3 nitrogen and oxygen atoms in total. The summed E-state index contributed by atoms with van der Waals surface area (Å²) in [7, 11) is 1.74. The lowest BCUT2D eigenvalue weighted by molar-refractivity contribution is -0.126. The minimum Gasteiger partial charge on any atom is -0.348 e. The third-order valence-corrected chi connectivity index (χ3v) is 2.91. The molecule has 17 heavy (non-hydrogen) atoms. The Bertz CT molecular complexity index is 387. The zero-order chi connectivity index (χ0) is 13.1. The van der Waals surface area contributed by atoms with Crippen molar-refractivity contribution in [2.75, 3.05) is 7.05 Å². The van der Waals surface area contributed by atoms with Crippen molar-refractivity contribution < 1.29 is 9.18 Å². The van der Waals surface area contributed by atoms with E-state index in [0.29, 0.717) is 0 Å². The molecule has 94 valence electrons. The molecule has 2 N–H and O–H groups in total. The standard InChI is InChI=1S/C13H19FN2O/c1-9(10-5-7-11(14)8-6-10)16-12(17)13(2,3)15-4/h5-9,15H,1-4H3,(H,16,17). The summed E-state index contributed by atoms with van der Waals surface area (Å²) >= 11 is 0. The normalized spacial score (nSPS) is 13.2. The van der Waals surface area contributed by atoms with Crippen LogP contribution in [-0.2, 0) is 4.79 Å². The third-order valence-electron chi connectivity index (χ3n) is 2.91. The van der Waals surface area contributed by atoms with Crippen molar-refractivity contribution in [2.45, 2.75) is 32.4 Å². The first-order valence-electron chi connectivity index (χ1n) is 5.62. The van der Waals surface area contributed by atoms with Crippen LogP contribution in [0, 0.1) is 5.82 Å². The van der Waals surface area contributed by atoms with Crippen LogP contribution in [0.25, 0.3) is 0 Å². The van der Waals surface area contributed by atoms with Gasteiger partial charge in [-0.25, -0.2) is 4.39 Å². The predicted molar refractivity (Wildman–Crippen MR) is 66.1 cm³/mol. The molecule has 0 aliphatic rings. The first kappa shape index (κ1) is 13.6. The fourth-order valence-corrected chi connectivity index (χ4v) is 1.33. The summed E-state index contributed by atoms with van der Waals surface area (Å²) in [5, 5.41) is 5.82. The summed E-state index contributed by atoms with van der Waals surface area (Å²) in [4.78, 5) is 11.9. The number of nitrogens with one attached hydrogen (secondary N) is 2. The van der Waals surface area contributed by atoms with E-state index in [2.05, 4.69) is 10.6 Å². The molecule has 0 saturated carbocycles. The summed E-state index contributed by atoms with van der Waals surface area (Å²) < 4.78 is 12.8. The Labute approximate surface area is 101 Å². The van der Waals surface area contributed by atoms with Crippen molar-refractivity contribution in [3.63, 3.8) is 0 Å². The van der Waals surface area contributed by atoms with Crippen LogP contribution in [0.4, 0.5) is 4.39 Å². The van der Waals surface area contributed by atoms with E-state index in [1.165, 1.54) is 12.1 Å². The van der Waals surface area contributed by atoms with E-state index in [1.54, 1.807) is 33.0 Å². The Hall–Kier alpha value is -1.42. The van der Waals surface area contributed by atoms with Gasteiger partial charge in [-0.3, -0.25) is 4.79 Å². The van der Waals surface area contributed by atoms with Gasteiger partial charge in [-0.05, 0) is 45.5 Å². The van der Waals surface area contributed by atoms with Gasteiger partial charge < -0.3 is 10.6 Å². The minimum atomic E-state index is -0.617. The minimum absolute atomic E-state index is 0.0863. The van der Waals surface area contributed by atoms with Crippen LogP contribution < -0.4 is 10.6 Å². The van der Waals surface area contributed by atoms with Crippen molar-refractivity contribution in [1.82, 2.24) is 10.6 Å². The highest BCUT2D eigenvalue weighted by Gasteiger charge is 2.26. The maximum Gasteiger partial charge on any atom is 0.240 e. The second-order valence-electron chi connectivity index (χ2n) is 4.62. The van der Waals surface area contributed by atoms with Crippen LogP contribution >= 0.6 is 0 Å². The predicted octanol–water partition coefficient (Wildman–Crippen LogP) is 2.00. The number of likely N-dealkylation sites (N-methyl/N-ethyl adjacent to an activating group) is 1. The second kappa shape index (κ2) is 5.27. The highest BCUT2D eigenvalue weighted by Crippen LogP contribution is 2.14. The average molecular weight is 238 g/mol. The van der Waals surface area contributed by atoms with Crippen molar-refractivity contribution in [3.05, 3.63) is 35.6 Å². The van der Waals surface area contributed by atoms with Crippen molar-refractivity contribution in [1.29, 1.82) is 0 Å². The molecular weight excluding hydrogens is 219 g/mol. The van der Waals surface area contributed by atoms with Crippen LogP contribution in [0.15, 0.2) is 24.3 Å². The lowest BCUT2D eigenvalue weighted by Gasteiger charge is -2.25. The van der Waals surface area contributed by atoms with Gasteiger partial charge in [-0.15, -0.1) is 0 Å². The highest BCUT2D eigenvalue weighted by molar-refractivity contribution is 5.85. The SMILES string of the molecule is CNC(C)(C)C(=O)NC(C)c1ccc(F)cc1. The Kier molecular flexibility index (Phi) is 4.23. The summed E-state index contributed by atoms with van der Waals surface area (Å²) in [6, 6.07) is 5.98. The fourth-order valence-electron chi connectivity index (χ4n) is 1.33. The van der Waals surface area contributed by atoms with Gasteiger partial charge in [-0.2, -0.15) is 0 Å². The molecule has 0 aliphatic heterocycles. The Morgan fingerprint density at radius 3 is 2.29 bits per heavy atom. The van der Waals surface area contributed by atoms with Crippen LogP contribution in [0.1, 0.15) is 32.4 Å². The maximum absolute atomic E-state index is 12.8.